The lowest BCUT2D eigenvalue weighted by atomic mass is 9.97. The van der Waals surface area contributed by atoms with E-state index < -0.39 is 6.04 Å². The molecule has 8 nitrogen and oxygen atoms in total. The molecule has 2 atom stereocenters. The zero-order valence-electron chi connectivity index (χ0n) is 29.4. The summed E-state index contributed by atoms with van der Waals surface area (Å²) in [7, 11) is 0. The van der Waals surface area contributed by atoms with Gasteiger partial charge in [-0.25, -0.2) is 0 Å². The number of nitrogens with one attached hydrogen (secondary N) is 2. The van der Waals surface area contributed by atoms with E-state index in [2.05, 4.69) is 22.4 Å². The molecule has 2 N–H and O–H groups in total. The molecule has 5 aromatic rings. The van der Waals surface area contributed by atoms with Crippen LogP contribution in [-0.4, -0.2) is 63.5 Å². The first kappa shape index (κ1) is 33.6. The second kappa shape index (κ2) is 14.6. The van der Waals surface area contributed by atoms with Crippen LogP contribution in [0.15, 0.2) is 103 Å². The van der Waals surface area contributed by atoms with Gasteiger partial charge < -0.3 is 20.1 Å². The third-order valence-electron chi connectivity index (χ3n) is 10.9. The van der Waals surface area contributed by atoms with Crippen LogP contribution in [0.3, 0.4) is 0 Å². The molecule has 1 saturated carbocycles. The second-order valence-corrected chi connectivity index (χ2v) is 14.6. The maximum absolute atomic E-state index is 13.6. The molecule has 3 aliphatic rings. The van der Waals surface area contributed by atoms with Crippen LogP contribution in [0.1, 0.15) is 66.7 Å². The molecule has 1 aliphatic carbocycles. The Balaban J connectivity index is 0.948. The molecule has 4 aromatic carbocycles. The van der Waals surface area contributed by atoms with Crippen LogP contribution in [0.5, 0.6) is 0 Å². The topological polar surface area (TPSA) is 103 Å². The number of likely N-dealkylation sites (tertiary alicyclic amines) is 2. The van der Waals surface area contributed by atoms with Crippen LogP contribution in [0.4, 0.5) is 5.69 Å². The summed E-state index contributed by atoms with van der Waals surface area (Å²) in [6.07, 6.45) is 6.18. The fraction of sp³-hybridized carbons (Fsp3) is 0.318. The average molecular weight is 693 g/mol. The zero-order chi connectivity index (χ0) is 35.6. The first-order valence-corrected chi connectivity index (χ1v) is 18.7. The first-order chi connectivity index (χ1) is 25.4. The highest BCUT2D eigenvalue weighted by Gasteiger charge is 2.35. The number of rotatable bonds is 11. The summed E-state index contributed by atoms with van der Waals surface area (Å²) in [5.74, 6) is 0.397. The maximum Gasteiger partial charge on any atom is 0.247 e. The predicted molar refractivity (Wildman–Crippen MR) is 203 cm³/mol. The number of benzene rings is 4. The van der Waals surface area contributed by atoms with E-state index in [0.29, 0.717) is 56.8 Å². The zero-order valence-corrected chi connectivity index (χ0v) is 29.4. The van der Waals surface area contributed by atoms with Crippen molar-refractivity contribution in [1.29, 1.82) is 0 Å². The fourth-order valence-corrected chi connectivity index (χ4v) is 8.14. The highest BCUT2D eigenvalue weighted by molar-refractivity contribution is 5.98. The molecule has 3 fully saturated rings. The summed E-state index contributed by atoms with van der Waals surface area (Å²) in [5.41, 5.74) is 8.00. The number of fused-ring (bicyclic) bond motifs is 1. The molecule has 1 aromatic heterocycles. The third kappa shape index (κ3) is 7.15. The number of carbonyl (C=O) groups is 4. The Kier molecular flexibility index (Phi) is 9.46. The van der Waals surface area contributed by atoms with E-state index in [-0.39, 0.29) is 29.5 Å². The van der Waals surface area contributed by atoms with E-state index in [1.54, 1.807) is 9.80 Å². The van der Waals surface area contributed by atoms with Gasteiger partial charge in [0.15, 0.2) is 5.78 Å². The molecule has 0 radical (unpaired) electrons. The van der Waals surface area contributed by atoms with Crippen molar-refractivity contribution >= 4 is 40.1 Å². The Labute approximate surface area is 304 Å². The van der Waals surface area contributed by atoms with Gasteiger partial charge in [0.05, 0.1) is 18.9 Å². The predicted octanol–water partition coefficient (Wildman–Crippen LogP) is 7.23. The quantitative estimate of drug-likeness (QED) is 0.153. The van der Waals surface area contributed by atoms with Gasteiger partial charge in [-0.2, -0.15) is 0 Å². The number of anilines is 1. The molecule has 3 amide bonds. The lowest BCUT2D eigenvalue weighted by Crippen LogP contribution is -2.43. The lowest BCUT2D eigenvalue weighted by Gasteiger charge is -2.24. The Morgan fingerprint density at radius 1 is 0.635 bits per heavy atom. The maximum atomic E-state index is 13.6. The fourth-order valence-electron chi connectivity index (χ4n) is 8.14. The third-order valence-corrected chi connectivity index (χ3v) is 10.9. The Morgan fingerprint density at radius 2 is 1.23 bits per heavy atom. The van der Waals surface area contributed by atoms with Crippen molar-refractivity contribution in [2.45, 2.75) is 75.8 Å². The van der Waals surface area contributed by atoms with Gasteiger partial charge in [0.2, 0.25) is 17.7 Å². The monoisotopic (exact) mass is 692 g/mol. The Morgan fingerprint density at radius 3 is 1.85 bits per heavy atom. The van der Waals surface area contributed by atoms with E-state index in [1.165, 1.54) is 5.56 Å². The number of ketones is 1. The molecule has 8 rings (SSSR count). The molecular formula is C44H44N4O4. The van der Waals surface area contributed by atoms with Gasteiger partial charge in [0, 0.05) is 41.8 Å². The van der Waals surface area contributed by atoms with Gasteiger partial charge >= 0.3 is 0 Å². The van der Waals surface area contributed by atoms with E-state index in [9.17, 15) is 19.2 Å². The molecule has 0 spiro atoms. The minimum atomic E-state index is -0.473. The number of aromatic amines is 1. The minimum absolute atomic E-state index is 0.0174. The smallest absolute Gasteiger partial charge is 0.247 e. The molecule has 3 heterocycles. The van der Waals surface area contributed by atoms with Crippen molar-refractivity contribution in [3.8, 4) is 11.3 Å². The van der Waals surface area contributed by atoms with Crippen LogP contribution in [0.25, 0.3) is 22.2 Å². The summed E-state index contributed by atoms with van der Waals surface area (Å²) in [5, 5.41) is 4.20. The van der Waals surface area contributed by atoms with E-state index in [1.807, 2.05) is 91.0 Å². The van der Waals surface area contributed by atoms with Crippen LogP contribution in [0, 0.1) is 0 Å². The number of hydrogen-bond donors (Lipinski definition) is 2. The summed E-state index contributed by atoms with van der Waals surface area (Å²) in [4.78, 5) is 60.5. The van der Waals surface area contributed by atoms with E-state index >= 15 is 0 Å². The van der Waals surface area contributed by atoms with Gasteiger partial charge in [0.1, 0.15) is 6.04 Å². The first-order valence-electron chi connectivity index (χ1n) is 18.7. The molecule has 2 aliphatic heterocycles. The van der Waals surface area contributed by atoms with Crippen molar-refractivity contribution in [2.75, 3.05) is 18.4 Å². The number of nitrogens with zero attached hydrogens (tertiary/aromatic N) is 2. The standard InChI is InChI=1S/C44H44N4O4/c49-39(37-13-7-23-47(37)40(50)27-29-9-3-1-4-10-29)26-31-15-22-36-35(25-31)42(32-16-17-32)43(46-36)33-18-20-34(21-19-33)45-44(52)38-14-8-24-48(38)41(51)28-30-11-5-2-6-12-30/h1-6,9-12,15,18-22,25,32,37-38,46H,7-8,13-14,16-17,23-24,26-28H2,(H,45,52)/t37-,38-/m0/s1. The highest BCUT2D eigenvalue weighted by atomic mass is 16.2. The van der Waals surface area contributed by atoms with Gasteiger partial charge in [-0.05, 0) is 96.5 Å². The number of Topliss-reactive ketones (excluding diaryl/α,β-unsaturated/α-hetero) is 1. The van der Waals surface area contributed by atoms with Gasteiger partial charge in [0.25, 0.3) is 0 Å². The summed E-state index contributed by atoms with van der Waals surface area (Å²) < 4.78 is 0. The van der Waals surface area contributed by atoms with Crippen molar-refractivity contribution in [3.63, 3.8) is 0 Å². The van der Waals surface area contributed by atoms with Crippen LogP contribution in [0.2, 0.25) is 0 Å². The number of hydrogen-bond acceptors (Lipinski definition) is 4. The number of amides is 3. The van der Waals surface area contributed by atoms with Gasteiger partial charge in [-0.3, -0.25) is 19.2 Å². The summed E-state index contributed by atoms with van der Waals surface area (Å²) in [6.45, 7) is 1.22. The largest absolute Gasteiger partial charge is 0.354 e. The number of carbonyl (C=O) groups excluding carboxylic acids is 4. The van der Waals surface area contributed by atoms with Crippen molar-refractivity contribution in [2.24, 2.45) is 0 Å². The van der Waals surface area contributed by atoms with Gasteiger partial charge in [-0.15, -0.1) is 0 Å². The average Bonchev–Trinajstić information content (AvgIpc) is 3.52. The van der Waals surface area contributed by atoms with E-state index in [0.717, 1.165) is 64.5 Å². The molecule has 8 heteroatoms. The Hall–Kier alpha value is -5.50. The second-order valence-electron chi connectivity index (χ2n) is 14.6. The SMILES string of the molecule is O=C(Cc1ccc2[nH]c(-c3ccc(NC(=O)[C@@H]4CCCN4C(=O)Cc4ccccc4)cc3)c(C3CC3)c2c1)[C@@H]1CCCN1C(=O)Cc1ccccc1. The minimum Gasteiger partial charge on any atom is -0.354 e. The molecular weight excluding hydrogens is 649 g/mol. The summed E-state index contributed by atoms with van der Waals surface area (Å²) in [6, 6.07) is 32.7. The lowest BCUT2D eigenvalue weighted by molar-refractivity contribution is -0.136. The van der Waals surface area contributed by atoms with Crippen molar-refractivity contribution < 1.29 is 19.2 Å². The molecule has 52 heavy (non-hydrogen) atoms. The van der Waals surface area contributed by atoms with Crippen molar-refractivity contribution in [3.05, 3.63) is 125 Å². The Bertz CT molecular complexity index is 2100. The molecule has 2 saturated heterocycles. The van der Waals surface area contributed by atoms with Crippen LogP contribution < -0.4 is 5.32 Å². The summed E-state index contributed by atoms with van der Waals surface area (Å²) >= 11 is 0. The molecule has 0 unspecified atom stereocenters. The normalized spacial score (nSPS) is 18.5. The highest BCUT2D eigenvalue weighted by Crippen LogP contribution is 2.48. The molecule has 264 valence electrons. The van der Waals surface area contributed by atoms with E-state index in [4.69, 9.17) is 0 Å². The van der Waals surface area contributed by atoms with Gasteiger partial charge in [-0.1, -0.05) is 78.9 Å². The number of aromatic nitrogens is 1. The molecule has 0 bridgehead atoms. The van der Waals surface area contributed by atoms with Crippen LogP contribution in [-0.2, 0) is 38.4 Å². The number of H-pyrrole nitrogens is 1. The van der Waals surface area contributed by atoms with Crippen molar-refractivity contribution in [1.82, 2.24) is 14.8 Å². The van der Waals surface area contributed by atoms with Crippen LogP contribution >= 0.6 is 0 Å².